The van der Waals surface area contributed by atoms with Gasteiger partial charge in [-0.2, -0.15) is 0 Å². The number of nitrogens with one attached hydrogen (secondary N) is 1. The average Bonchev–Trinajstić information content (AvgIpc) is 2.95. The van der Waals surface area contributed by atoms with E-state index in [4.69, 9.17) is 4.98 Å². The first kappa shape index (κ1) is 14.9. The lowest BCUT2D eigenvalue weighted by molar-refractivity contribution is -0.958. The van der Waals surface area contributed by atoms with Crippen LogP contribution in [0.1, 0.15) is 5.69 Å². The standard InChI is InChI=1S/C18H19BrN4/c19-15-6-4-14(5-7-15)18-16(13-22-11-8-20-9-12-22)23-10-2-1-3-17(23)21-18/h1-7,10,20H,8-9,11-13H2/p+2. The molecule has 3 N–H and O–H groups in total. The van der Waals surface area contributed by atoms with Crippen LogP contribution in [0, 0.1) is 0 Å². The van der Waals surface area contributed by atoms with Gasteiger partial charge in [-0.25, -0.2) is 4.98 Å². The van der Waals surface area contributed by atoms with Crippen LogP contribution < -0.4 is 10.2 Å². The topological polar surface area (TPSA) is 38.4 Å². The minimum Gasteiger partial charge on any atom is -0.337 e. The van der Waals surface area contributed by atoms with Gasteiger partial charge in [-0.15, -0.1) is 0 Å². The summed E-state index contributed by atoms with van der Waals surface area (Å²) < 4.78 is 3.35. The van der Waals surface area contributed by atoms with Crippen molar-refractivity contribution in [1.82, 2.24) is 9.38 Å². The zero-order valence-electron chi connectivity index (χ0n) is 13.0. The van der Waals surface area contributed by atoms with E-state index in [1.807, 2.05) is 0 Å². The number of rotatable bonds is 3. The molecule has 0 aliphatic carbocycles. The molecule has 4 nitrogen and oxygen atoms in total. The predicted octanol–water partition coefficient (Wildman–Crippen LogP) is 0.726. The number of pyridine rings is 1. The van der Waals surface area contributed by atoms with Gasteiger partial charge in [0.25, 0.3) is 0 Å². The van der Waals surface area contributed by atoms with Crippen molar-refractivity contribution < 1.29 is 10.2 Å². The maximum atomic E-state index is 4.90. The average molecular weight is 373 g/mol. The molecule has 5 heteroatoms. The Bertz CT molecular complexity index is 804. The minimum atomic E-state index is 1.03. The second-order valence-corrected chi connectivity index (χ2v) is 7.05. The van der Waals surface area contributed by atoms with E-state index in [-0.39, 0.29) is 0 Å². The van der Waals surface area contributed by atoms with E-state index >= 15 is 0 Å². The molecule has 3 heterocycles. The Morgan fingerprint density at radius 1 is 1.09 bits per heavy atom. The maximum absolute atomic E-state index is 4.90. The summed E-state index contributed by atoms with van der Waals surface area (Å²) in [4.78, 5) is 6.55. The van der Waals surface area contributed by atoms with Crippen molar-refractivity contribution in [1.29, 1.82) is 0 Å². The molecule has 0 spiro atoms. The van der Waals surface area contributed by atoms with Gasteiger partial charge in [0, 0.05) is 16.2 Å². The molecule has 0 amide bonds. The van der Waals surface area contributed by atoms with Crippen molar-refractivity contribution in [2.75, 3.05) is 26.2 Å². The van der Waals surface area contributed by atoms with Crippen LogP contribution in [0.3, 0.4) is 0 Å². The third-order valence-electron chi connectivity index (χ3n) is 4.57. The van der Waals surface area contributed by atoms with Gasteiger partial charge in [0.15, 0.2) is 0 Å². The fourth-order valence-electron chi connectivity index (χ4n) is 3.35. The molecule has 118 valence electrons. The van der Waals surface area contributed by atoms with E-state index in [1.165, 1.54) is 37.4 Å². The highest BCUT2D eigenvalue weighted by Crippen LogP contribution is 2.25. The molecule has 4 rings (SSSR count). The first-order chi connectivity index (χ1) is 11.3. The number of nitrogens with two attached hydrogens (primary N) is 1. The number of halogens is 1. The SMILES string of the molecule is Brc1ccc(-c2nc3ccccn3c2C[NH+]2CC[NH2+]CC2)cc1. The van der Waals surface area contributed by atoms with Gasteiger partial charge in [0.05, 0.1) is 5.69 Å². The van der Waals surface area contributed by atoms with Crippen LogP contribution in [0.25, 0.3) is 16.9 Å². The summed E-state index contributed by atoms with van der Waals surface area (Å²) in [7, 11) is 0. The van der Waals surface area contributed by atoms with Crippen molar-refractivity contribution in [2.45, 2.75) is 6.54 Å². The number of hydrogen-bond donors (Lipinski definition) is 2. The number of quaternary nitrogens is 2. The second-order valence-electron chi connectivity index (χ2n) is 6.14. The van der Waals surface area contributed by atoms with E-state index in [1.54, 1.807) is 4.90 Å². The monoisotopic (exact) mass is 372 g/mol. The molecule has 0 bridgehead atoms. The first-order valence-electron chi connectivity index (χ1n) is 8.18. The van der Waals surface area contributed by atoms with Crippen LogP contribution in [0.15, 0.2) is 53.1 Å². The Hall–Kier alpha value is -1.69. The molecule has 1 fully saturated rings. The Morgan fingerprint density at radius 3 is 2.65 bits per heavy atom. The summed E-state index contributed by atoms with van der Waals surface area (Å²) in [5, 5.41) is 2.41. The van der Waals surface area contributed by atoms with E-state index in [0.29, 0.717) is 0 Å². The van der Waals surface area contributed by atoms with Crippen LogP contribution in [0.2, 0.25) is 0 Å². The molecular formula is C18H21BrN4+2. The van der Waals surface area contributed by atoms with Crippen molar-refractivity contribution in [3.63, 3.8) is 0 Å². The van der Waals surface area contributed by atoms with Gasteiger partial charge >= 0.3 is 0 Å². The zero-order valence-corrected chi connectivity index (χ0v) is 14.6. The van der Waals surface area contributed by atoms with Gasteiger partial charge in [-0.05, 0) is 24.3 Å². The summed E-state index contributed by atoms with van der Waals surface area (Å²) in [5.74, 6) is 0. The second kappa shape index (κ2) is 6.43. The molecule has 0 atom stereocenters. The van der Waals surface area contributed by atoms with Gasteiger partial charge < -0.3 is 10.2 Å². The number of aromatic nitrogens is 2. The van der Waals surface area contributed by atoms with E-state index < -0.39 is 0 Å². The molecule has 3 aromatic rings. The first-order valence-corrected chi connectivity index (χ1v) is 8.98. The fourth-order valence-corrected chi connectivity index (χ4v) is 3.61. The Balaban J connectivity index is 1.79. The van der Waals surface area contributed by atoms with Crippen LogP contribution in [0.4, 0.5) is 0 Å². The van der Waals surface area contributed by atoms with Crippen molar-refractivity contribution in [3.8, 4) is 11.3 Å². The lowest BCUT2D eigenvalue weighted by Gasteiger charge is -2.22. The smallest absolute Gasteiger partial charge is 0.137 e. The normalized spacial score (nSPS) is 16.0. The van der Waals surface area contributed by atoms with E-state index in [2.05, 4.69) is 74.3 Å². The Labute approximate surface area is 144 Å². The molecule has 0 saturated carbocycles. The maximum Gasteiger partial charge on any atom is 0.137 e. The van der Waals surface area contributed by atoms with Gasteiger partial charge in [0.1, 0.15) is 44.1 Å². The third kappa shape index (κ3) is 3.04. The minimum absolute atomic E-state index is 1.03. The van der Waals surface area contributed by atoms with Crippen LogP contribution >= 0.6 is 15.9 Å². The molecule has 1 aromatic carbocycles. The van der Waals surface area contributed by atoms with E-state index in [9.17, 15) is 0 Å². The van der Waals surface area contributed by atoms with Gasteiger partial charge in [-0.3, -0.25) is 4.40 Å². The quantitative estimate of drug-likeness (QED) is 0.698. The summed E-state index contributed by atoms with van der Waals surface area (Å²) in [6.07, 6.45) is 2.13. The molecule has 0 unspecified atom stereocenters. The summed E-state index contributed by atoms with van der Waals surface area (Å²) in [5.41, 5.74) is 4.66. The number of benzene rings is 1. The van der Waals surface area contributed by atoms with Crippen LogP contribution in [-0.2, 0) is 6.54 Å². The van der Waals surface area contributed by atoms with Crippen molar-refractivity contribution in [3.05, 3.63) is 58.8 Å². The van der Waals surface area contributed by atoms with Crippen molar-refractivity contribution >= 4 is 21.6 Å². The largest absolute Gasteiger partial charge is 0.337 e. The number of piperazine rings is 1. The lowest BCUT2D eigenvalue weighted by atomic mass is 10.1. The fraction of sp³-hybridized carbons (Fsp3) is 0.278. The number of fused-ring (bicyclic) bond motifs is 1. The number of hydrogen-bond acceptors (Lipinski definition) is 1. The van der Waals surface area contributed by atoms with Gasteiger partial charge in [0.2, 0.25) is 0 Å². The highest BCUT2D eigenvalue weighted by Gasteiger charge is 2.21. The molecule has 1 aliphatic rings. The number of nitrogens with zero attached hydrogens (tertiary/aromatic N) is 2. The Morgan fingerprint density at radius 2 is 1.87 bits per heavy atom. The molecule has 1 aliphatic heterocycles. The van der Waals surface area contributed by atoms with Crippen molar-refractivity contribution in [2.24, 2.45) is 0 Å². The van der Waals surface area contributed by atoms with E-state index in [0.717, 1.165) is 22.4 Å². The molecule has 2 aromatic heterocycles. The van der Waals surface area contributed by atoms with Gasteiger partial charge in [-0.1, -0.05) is 34.1 Å². The lowest BCUT2D eigenvalue weighted by Crippen LogP contribution is -3.19. The Kier molecular flexibility index (Phi) is 4.16. The zero-order chi connectivity index (χ0) is 15.6. The van der Waals surface area contributed by atoms with Crippen LogP contribution in [0.5, 0.6) is 0 Å². The molecule has 23 heavy (non-hydrogen) atoms. The summed E-state index contributed by atoms with van der Waals surface area (Å²) in [6.45, 7) is 5.92. The molecule has 1 saturated heterocycles. The summed E-state index contributed by atoms with van der Waals surface area (Å²) >= 11 is 3.52. The molecule has 0 radical (unpaired) electrons. The molecular weight excluding hydrogens is 352 g/mol. The third-order valence-corrected chi connectivity index (χ3v) is 5.10. The highest BCUT2D eigenvalue weighted by atomic mass is 79.9. The highest BCUT2D eigenvalue weighted by molar-refractivity contribution is 9.10. The summed E-state index contributed by atoms with van der Waals surface area (Å²) in [6, 6.07) is 14.7. The predicted molar refractivity (Wildman–Crippen MR) is 94.4 cm³/mol. The van der Waals surface area contributed by atoms with Crippen LogP contribution in [-0.4, -0.2) is 35.6 Å². The number of imidazole rings is 1.